The van der Waals surface area contributed by atoms with Crippen LogP contribution in [0.5, 0.6) is 0 Å². The van der Waals surface area contributed by atoms with E-state index >= 15 is 0 Å². The normalized spacial score (nSPS) is 13.1. The molecule has 0 saturated carbocycles. The maximum atomic E-state index is 12.1. The van der Waals surface area contributed by atoms with Crippen LogP contribution in [0.15, 0.2) is 23.1 Å². The van der Waals surface area contributed by atoms with Crippen LogP contribution in [-0.4, -0.2) is 26.7 Å². The van der Waals surface area contributed by atoms with Gasteiger partial charge >= 0.3 is 5.97 Å². The van der Waals surface area contributed by atoms with Crippen molar-refractivity contribution in [1.82, 2.24) is 0 Å². The second-order valence-corrected chi connectivity index (χ2v) is 6.86. The number of benzene rings is 1. The number of sulfone groups is 1. The lowest BCUT2D eigenvalue weighted by Gasteiger charge is -2.11. The topological polar surface area (TPSA) is 60.4 Å². The van der Waals surface area contributed by atoms with Crippen molar-refractivity contribution >= 4 is 39.0 Å². The molecule has 1 aromatic carbocycles. The van der Waals surface area contributed by atoms with E-state index in [2.05, 4.69) is 0 Å². The lowest BCUT2D eigenvalue weighted by atomic mass is 10.2. The number of hydrogen-bond acceptors (Lipinski definition) is 4. The van der Waals surface area contributed by atoms with Gasteiger partial charge in [-0.3, -0.25) is 4.79 Å². The molecule has 1 atom stereocenters. The van der Waals surface area contributed by atoms with Crippen molar-refractivity contribution < 1.29 is 17.9 Å². The molecule has 0 radical (unpaired) electrons. The Morgan fingerprint density at radius 2 is 1.95 bits per heavy atom. The fourth-order valence-corrected chi connectivity index (χ4v) is 3.37. The van der Waals surface area contributed by atoms with Crippen molar-refractivity contribution in [3.8, 4) is 0 Å². The van der Waals surface area contributed by atoms with Crippen molar-refractivity contribution in [2.45, 2.75) is 18.7 Å². The third-order valence-electron chi connectivity index (χ3n) is 2.41. The summed E-state index contributed by atoms with van der Waals surface area (Å²) in [5.41, 5.74) is 0. The highest BCUT2D eigenvalue weighted by atomic mass is 35.5. The van der Waals surface area contributed by atoms with Gasteiger partial charge in [0.25, 0.3) is 0 Å². The quantitative estimate of drug-likeness (QED) is 0.781. The van der Waals surface area contributed by atoms with E-state index in [9.17, 15) is 13.2 Å². The molecular formula is C12H14Cl2O4S. The number of carbonyl (C=O) groups excluding carboxylic acids is 1. The molecule has 0 bridgehead atoms. The molecule has 1 unspecified atom stereocenters. The smallest absolute Gasteiger partial charge is 0.309 e. The summed E-state index contributed by atoms with van der Waals surface area (Å²) in [6.45, 7) is 3.39. The largest absolute Gasteiger partial charge is 0.466 e. The van der Waals surface area contributed by atoms with Gasteiger partial charge in [0.15, 0.2) is 9.84 Å². The van der Waals surface area contributed by atoms with Crippen molar-refractivity contribution in [2.75, 3.05) is 12.4 Å². The van der Waals surface area contributed by atoms with E-state index in [1.807, 2.05) is 0 Å². The molecule has 0 aliphatic rings. The van der Waals surface area contributed by atoms with Gasteiger partial charge in [0.2, 0.25) is 0 Å². The second kappa shape index (κ2) is 6.59. The van der Waals surface area contributed by atoms with E-state index in [4.69, 9.17) is 27.9 Å². The molecule has 0 aliphatic heterocycles. The van der Waals surface area contributed by atoms with Gasteiger partial charge in [-0.25, -0.2) is 8.42 Å². The molecule has 19 heavy (non-hydrogen) atoms. The van der Waals surface area contributed by atoms with Crippen LogP contribution in [0, 0.1) is 5.92 Å². The number of hydrogen-bond donors (Lipinski definition) is 0. The van der Waals surface area contributed by atoms with E-state index < -0.39 is 21.7 Å². The Morgan fingerprint density at radius 3 is 2.47 bits per heavy atom. The van der Waals surface area contributed by atoms with Crippen LogP contribution in [0.25, 0.3) is 0 Å². The fraction of sp³-hybridized carbons (Fsp3) is 0.417. The Balaban J connectivity index is 2.92. The number of rotatable bonds is 5. The summed E-state index contributed by atoms with van der Waals surface area (Å²) in [6.07, 6.45) is 0. The molecule has 0 spiro atoms. The molecule has 4 nitrogen and oxygen atoms in total. The van der Waals surface area contributed by atoms with Gasteiger partial charge in [0, 0.05) is 0 Å². The number of halogens is 2. The fourth-order valence-electron chi connectivity index (χ4n) is 1.45. The van der Waals surface area contributed by atoms with Gasteiger partial charge < -0.3 is 4.74 Å². The highest BCUT2D eigenvalue weighted by molar-refractivity contribution is 7.91. The zero-order chi connectivity index (χ0) is 14.6. The average Bonchev–Trinajstić information content (AvgIpc) is 2.32. The molecule has 0 aromatic heterocycles. The first-order chi connectivity index (χ1) is 8.77. The summed E-state index contributed by atoms with van der Waals surface area (Å²) < 4.78 is 29.0. The zero-order valence-corrected chi connectivity index (χ0v) is 12.8. The summed E-state index contributed by atoms with van der Waals surface area (Å²) in [6, 6.07) is 4.05. The van der Waals surface area contributed by atoms with Crippen molar-refractivity contribution in [2.24, 2.45) is 5.92 Å². The molecule has 0 heterocycles. The van der Waals surface area contributed by atoms with Gasteiger partial charge in [-0.1, -0.05) is 30.1 Å². The van der Waals surface area contributed by atoms with Crippen LogP contribution < -0.4 is 0 Å². The van der Waals surface area contributed by atoms with Gasteiger partial charge in [-0.2, -0.15) is 0 Å². The monoisotopic (exact) mass is 324 g/mol. The Morgan fingerprint density at radius 1 is 1.32 bits per heavy atom. The summed E-state index contributed by atoms with van der Waals surface area (Å²) in [4.78, 5) is 11.5. The first kappa shape index (κ1) is 16.3. The highest BCUT2D eigenvalue weighted by Crippen LogP contribution is 2.26. The van der Waals surface area contributed by atoms with Crippen molar-refractivity contribution in [3.63, 3.8) is 0 Å². The minimum Gasteiger partial charge on any atom is -0.466 e. The Labute approximate surface area is 122 Å². The summed E-state index contributed by atoms with van der Waals surface area (Å²) >= 11 is 11.5. The molecule has 0 saturated heterocycles. The van der Waals surface area contributed by atoms with Gasteiger partial charge in [0.05, 0.1) is 33.2 Å². The predicted octanol–water partition coefficient (Wildman–Crippen LogP) is 2.97. The van der Waals surface area contributed by atoms with E-state index in [0.29, 0.717) is 0 Å². The van der Waals surface area contributed by atoms with E-state index in [1.165, 1.54) is 25.1 Å². The number of ether oxygens (including phenoxy) is 1. The van der Waals surface area contributed by atoms with Gasteiger partial charge in [0.1, 0.15) is 0 Å². The average molecular weight is 325 g/mol. The Hall–Kier alpha value is -0.780. The van der Waals surface area contributed by atoms with Crippen LogP contribution in [0.1, 0.15) is 13.8 Å². The number of esters is 1. The molecule has 106 valence electrons. The molecule has 0 amide bonds. The third-order valence-corrected chi connectivity index (χ3v) is 5.06. The van der Waals surface area contributed by atoms with Crippen molar-refractivity contribution in [1.29, 1.82) is 0 Å². The molecule has 0 N–H and O–H groups in total. The lowest BCUT2D eigenvalue weighted by Crippen LogP contribution is -2.23. The lowest BCUT2D eigenvalue weighted by molar-refractivity contribution is -0.146. The third kappa shape index (κ3) is 4.37. The van der Waals surface area contributed by atoms with Gasteiger partial charge in [-0.15, -0.1) is 0 Å². The van der Waals surface area contributed by atoms with E-state index in [1.54, 1.807) is 6.92 Å². The molecule has 7 heteroatoms. The first-order valence-electron chi connectivity index (χ1n) is 5.62. The molecule has 0 aliphatic carbocycles. The van der Waals surface area contributed by atoms with E-state index in [-0.39, 0.29) is 27.3 Å². The first-order valence-corrected chi connectivity index (χ1v) is 8.03. The minimum absolute atomic E-state index is 0.0399. The second-order valence-electron chi connectivity index (χ2n) is 4.01. The highest BCUT2D eigenvalue weighted by Gasteiger charge is 2.24. The standard InChI is InChI=1S/C12H14Cl2O4S/c1-3-18-12(15)8(2)7-19(16,17)9-4-5-10(13)11(14)6-9/h4-6,8H,3,7H2,1-2H3. The zero-order valence-electron chi connectivity index (χ0n) is 10.5. The predicted molar refractivity (Wildman–Crippen MR) is 74.3 cm³/mol. The van der Waals surface area contributed by atoms with Crippen LogP contribution in [-0.2, 0) is 19.4 Å². The molecule has 1 rings (SSSR count). The molecule has 0 fully saturated rings. The van der Waals surface area contributed by atoms with Crippen LogP contribution >= 0.6 is 23.2 Å². The Kier molecular flexibility index (Phi) is 5.64. The number of carbonyl (C=O) groups is 1. The minimum atomic E-state index is -3.61. The summed E-state index contributed by atoms with van der Waals surface area (Å²) in [5.74, 6) is -1.60. The van der Waals surface area contributed by atoms with Gasteiger partial charge in [-0.05, 0) is 25.1 Å². The Bertz CT molecular complexity index is 569. The van der Waals surface area contributed by atoms with Crippen LogP contribution in [0.3, 0.4) is 0 Å². The van der Waals surface area contributed by atoms with E-state index in [0.717, 1.165) is 0 Å². The molecule has 1 aromatic rings. The molecular weight excluding hydrogens is 311 g/mol. The maximum Gasteiger partial charge on any atom is 0.309 e. The SMILES string of the molecule is CCOC(=O)C(C)CS(=O)(=O)c1ccc(Cl)c(Cl)c1. The maximum absolute atomic E-state index is 12.1. The van der Waals surface area contributed by atoms with Crippen LogP contribution in [0.4, 0.5) is 0 Å². The summed E-state index contributed by atoms with van der Waals surface area (Å²) in [7, 11) is -3.61. The van der Waals surface area contributed by atoms with Crippen LogP contribution in [0.2, 0.25) is 10.0 Å². The van der Waals surface area contributed by atoms with Crippen molar-refractivity contribution in [3.05, 3.63) is 28.2 Å². The summed E-state index contributed by atoms with van der Waals surface area (Å²) in [5, 5.41) is 0.436.